The zero-order valence-electron chi connectivity index (χ0n) is 7.74. The quantitative estimate of drug-likeness (QED) is 0.754. The number of fused-ring (bicyclic) bond motifs is 1. The van der Waals surface area contributed by atoms with Crippen LogP contribution in [0.1, 0.15) is 5.56 Å². The number of hydrogen-bond donors (Lipinski definition) is 0. The molecule has 3 nitrogen and oxygen atoms in total. The summed E-state index contributed by atoms with van der Waals surface area (Å²) in [5, 5.41) is 0.981. The molecule has 0 fully saturated rings. The molecule has 0 radical (unpaired) electrons. The molecule has 76 valence electrons. The summed E-state index contributed by atoms with van der Waals surface area (Å²) < 4.78 is 10.4. The van der Waals surface area contributed by atoms with Gasteiger partial charge in [-0.25, -0.2) is 4.98 Å². The Bertz CT molecular complexity index is 512. The molecule has 0 aliphatic carbocycles. The molecule has 5 heteroatoms. The number of rotatable bonds is 1. The van der Waals surface area contributed by atoms with E-state index < -0.39 is 0 Å². The number of ether oxygens (including phenoxy) is 1. The van der Waals surface area contributed by atoms with Crippen LogP contribution in [0, 0.1) is 3.83 Å². The van der Waals surface area contributed by atoms with Gasteiger partial charge in [0, 0.05) is 34.6 Å². The van der Waals surface area contributed by atoms with Crippen LogP contribution in [0.25, 0.3) is 10.6 Å². The second-order valence-electron chi connectivity index (χ2n) is 3.29. The van der Waals surface area contributed by atoms with E-state index in [2.05, 4.69) is 38.0 Å². The number of hydrogen-bond acceptors (Lipinski definition) is 4. The zero-order valence-corrected chi connectivity index (χ0v) is 10.7. The molecular formula is C10H7IN2OS. The third kappa shape index (κ3) is 1.74. The van der Waals surface area contributed by atoms with Crippen LogP contribution in [0.3, 0.4) is 0 Å². The fourth-order valence-corrected chi connectivity index (χ4v) is 2.90. The van der Waals surface area contributed by atoms with Crippen molar-refractivity contribution in [3.8, 4) is 16.3 Å². The maximum atomic E-state index is 5.46. The minimum atomic E-state index is 0.798. The lowest BCUT2D eigenvalue weighted by molar-refractivity contribution is 0.357. The van der Waals surface area contributed by atoms with Crippen molar-refractivity contribution in [3.63, 3.8) is 0 Å². The molecule has 0 unspecified atom stereocenters. The van der Waals surface area contributed by atoms with Crippen molar-refractivity contribution in [2.24, 2.45) is 0 Å². The molecule has 0 bridgehead atoms. The number of benzene rings is 1. The Morgan fingerprint density at radius 2 is 2.33 bits per heavy atom. The van der Waals surface area contributed by atoms with Crippen molar-refractivity contribution in [2.75, 3.05) is 6.61 Å². The molecule has 15 heavy (non-hydrogen) atoms. The average molecular weight is 330 g/mol. The standard InChI is InChI=1S/C10H7IN2OS/c11-10-12-9(15-13-10)7-1-2-8-6(5-7)3-4-14-8/h1-2,5H,3-4H2. The van der Waals surface area contributed by atoms with E-state index in [4.69, 9.17) is 4.74 Å². The maximum absolute atomic E-state index is 5.46. The number of aromatic nitrogens is 2. The Morgan fingerprint density at radius 3 is 3.13 bits per heavy atom. The lowest BCUT2D eigenvalue weighted by atomic mass is 10.1. The average Bonchev–Trinajstić information content (AvgIpc) is 2.84. The van der Waals surface area contributed by atoms with Gasteiger partial charge in [0.1, 0.15) is 10.8 Å². The SMILES string of the molecule is Ic1nsc(-c2ccc3c(c2)CCO3)n1. The van der Waals surface area contributed by atoms with E-state index in [1.807, 2.05) is 12.1 Å². The van der Waals surface area contributed by atoms with Crippen molar-refractivity contribution in [3.05, 3.63) is 27.6 Å². The van der Waals surface area contributed by atoms with Crippen LogP contribution in [0.4, 0.5) is 0 Å². The first kappa shape index (κ1) is 9.53. The van der Waals surface area contributed by atoms with E-state index >= 15 is 0 Å². The molecule has 0 N–H and O–H groups in total. The Balaban J connectivity index is 2.06. The molecule has 2 heterocycles. The van der Waals surface area contributed by atoms with Gasteiger partial charge in [-0.2, -0.15) is 4.37 Å². The molecule has 1 aromatic carbocycles. The molecule has 1 aliphatic heterocycles. The zero-order chi connectivity index (χ0) is 10.3. The lowest BCUT2D eigenvalue weighted by Gasteiger charge is -2.00. The van der Waals surface area contributed by atoms with Crippen LogP contribution in [-0.4, -0.2) is 16.0 Å². The van der Waals surface area contributed by atoms with Crippen LogP contribution in [0.5, 0.6) is 5.75 Å². The van der Waals surface area contributed by atoms with Crippen LogP contribution < -0.4 is 4.74 Å². The summed E-state index contributed by atoms with van der Waals surface area (Å²) in [5.41, 5.74) is 2.41. The fourth-order valence-electron chi connectivity index (χ4n) is 1.64. The van der Waals surface area contributed by atoms with Crippen LogP contribution >= 0.6 is 34.1 Å². The highest BCUT2D eigenvalue weighted by Crippen LogP contribution is 2.31. The molecule has 0 spiro atoms. The summed E-state index contributed by atoms with van der Waals surface area (Å²) in [6, 6.07) is 6.21. The minimum Gasteiger partial charge on any atom is -0.493 e. The van der Waals surface area contributed by atoms with Gasteiger partial charge < -0.3 is 4.74 Å². The Morgan fingerprint density at radius 1 is 1.40 bits per heavy atom. The van der Waals surface area contributed by atoms with Crippen LogP contribution in [0.2, 0.25) is 0 Å². The third-order valence-electron chi connectivity index (χ3n) is 2.34. The summed E-state index contributed by atoms with van der Waals surface area (Å²) >= 11 is 3.57. The topological polar surface area (TPSA) is 35.0 Å². The van der Waals surface area contributed by atoms with Gasteiger partial charge in [-0.05, 0) is 35.3 Å². The third-order valence-corrected chi connectivity index (χ3v) is 3.91. The van der Waals surface area contributed by atoms with E-state index in [1.54, 1.807) is 0 Å². The Hall–Kier alpha value is -0.690. The van der Waals surface area contributed by atoms with Gasteiger partial charge in [-0.15, -0.1) is 0 Å². The monoisotopic (exact) mass is 330 g/mol. The minimum absolute atomic E-state index is 0.798. The normalized spacial score (nSPS) is 13.7. The fraction of sp³-hybridized carbons (Fsp3) is 0.200. The molecule has 3 rings (SSSR count). The second-order valence-corrected chi connectivity index (χ2v) is 5.01. The molecule has 0 atom stereocenters. The summed E-state index contributed by atoms with van der Waals surface area (Å²) in [6.45, 7) is 0.798. The van der Waals surface area contributed by atoms with Gasteiger partial charge in [0.15, 0.2) is 0 Å². The van der Waals surface area contributed by atoms with E-state index in [0.29, 0.717) is 0 Å². The summed E-state index contributed by atoms with van der Waals surface area (Å²) in [6.07, 6.45) is 0.999. The summed E-state index contributed by atoms with van der Waals surface area (Å²) in [7, 11) is 0. The van der Waals surface area contributed by atoms with E-state index in [9.17, 15) is 0 Å². The predicted octanol–water partition coefficient (Wildman–Crippen LogP) is 2.74. The molecular weight excluding hydrogens is 323 g/mol. The van der Waals surface area contributed by atoms with Crippen molar-refractivity contribution in [2.45, 2.75) is 6.42 Å². The number of halogens is 1. The highest BCUT2D eigenvalue weighted by molar-refractivity contribution is 14.1. The van der Waals surface area contributed by atoms with Gasteiger partial charge in [0.25, 0.3) is 0 Å². The van der Waals surface area contributed by atoms with Gasteiger partial charge in [-0.3, -0.25) is 0 Å². The summed E-state index contributed by atoms with van der Waals surface area (Å²) in [4.78, 5) is 4.36. The van der Waals surface area contributed by atoms with Gasteiger partial charge >= 0.3 is 0 Å². The van der Waals surface area contributed by atoms with Gasteiger partial charge in [-0.1, -0.05) is 0 Å². The van der Waals surface area contributed by atoms with Crippen molar-refractivity contribution >= 4 is 34.1 Å². The van der Waals surface area contributed by atoms with Crippen LogP contribution in [-0.2, 0) is 6.42 Å². The second kappa shape index (κ2) is 3.71. The van der Waals surface area contributed by atoms with Gasteiger partial charge in [0.05, 0.1) is 6.61 Å². The molecule has 0 amide bonds. The van der Waals surface area contributed by atoms with Gasteiger partial charge in [0.2, 0.25) is 3.83 Å². The predicted molar refractivity (Wildman–Crippen MR) is 67.3 cm³/mol. The number of nitrogens with zero attached hydrogens (tertiary/aromatic N) is 2. The van der Waals surface area contributed by atoms with E-state index in [0.717, 1.165) is 33.2 Å². The summed E-state index contributed by atoms with van der Waals surface area (Å²) in [5.74, 6) is 1.01. The maximum Gasteiger partial charge on any atom is 0.203 e. The van der Waals surface area contributed by atoms with E-state index in [-0.39, 0.29) is 0 Å². The highest BCUT2D eigenvalue weighted by atomic mass is 127. The first-order chi connectivity index (χ1) is 7.33. The van der Waals surface area contributed by atoms with Crippen molar-refractivity contribution in [1.29, 1.82) is 0 Å². The largest absolute Gasteiger partial charge is 0.493 e. The van der Waals surface area contributed by atoms with E-state index in [1.165, 1.54) is 17.1 Å². The first-order valence-electron chi connectivity index (χ1n) is 4.58. The molecule has 2 aromatic rings. The van der Waals surface area contributed by atoms with Crippen molar-refractivity contribution < 1.29 is 4.74 Å². The Kier molecular flexibility index (Phi) is 2.36. The lowest BCUT2D eigenvalue weighted by Crippen LogP contribution is -1.85. The molecule has 1 aromatic heterocycles. The molecule has 0 saturated heterocycles. The van der Waals surface area contributed by atoms with Crippen molar-refractivity contribution in [1.82, 2.24) is 9.36 Å². The smallest absolute Gasteiger partial charge is 0.203 e. The first-order valence-corrected chi connectivity index (χ1v) is 6.43. The Labute approximate surface area is 105 Å². The molecule has 1 aliphatic rings. The van der Waals surface area contributed by atoms with Crippen LogP contribution in [0.15, 0.2) is 18.2 Å². The molecule has 0 saturated carbocycles. The highest BCUT2D eigenvalue weighted by Gasteiger charge is 2.14.